The molecule has 2 aromatic carbocycles. The first kappa shape index (κ1) is 24.4. The number of rotatable bonds is 7. The van der Waals surface area contributed by atoms with Crippen molar-refractivity contribution < 1.29 is 14.0 Å². The number of benzene rings is 2. The molecule has 0 aliphatic carbocycles. The maximum atomic E-state index is 12.8. The quantitative estimate of drug-likeness (QED) is 0.492. The zero-order valence-corrected chi connectivity index (χ0v) is 21.8. The van der Waals surface area contributed by atoms with Crippen LogP contribution in [0.25, 0.3) is 0 Å². The molecule has 34 heavy (non-hydrogen) atoms. The van der Waals surface area contributed by atoms with Crippen molar-refractivity contribution >= 4 is 30.5 Å². The lowest BCUT2D eigenvalue weighted by Crippen LogP contribution is -2.66. The summed E-state index contributed by atoms with van der Waals surface area (Å²) in [4.78, 5) is 27.0. The molecule has 0 spiro atoms. The molecule has 4 rings (SSSR count). The predicted molar refractivity (Wildman–Crippen MR) is 139 cm³/mol. The number of hydrogen-bond donors (Lipinski definition) is 1. The minimum atomic E-state index is -2.62. The Morgan fingerprint density at radius 2 is 1.65 bits per heavy atom. The van der Waals surface area contributed by atoms with Crippen LogP contribution in [-0.2, 0) is 14.0 Å². The number of nitrogens with zero attached hydrogens (tertiary/aromatic N) is 1. The van der Waals surface area contributed by atoms with Crippen LogP contribution >= 0.6 is 0 Å². The Labute approximate surface area is 204 Å². The second-order valence-corrected chi connectivity index (χ2v) is 14.9. The van der Waals surface area contributed by atoms with E-state index < -0.39 is 13.9 Å². The molecule has 1 N–H and O–H groups in total. The Balaban J connectivity index is 1.63. The highest BCUT2D eigenvalue weighted by Gasteiger charge is 2.52. The Bertz CT molecular complexity index is 1020. The first-order valence-electron chi connectivity index (χ1n) is 12.2. The maximum Gasteiger partial charge on any atom is 0.261 e. The number of nitrogens with one attached hydrogen (secondary N) is 1. The lowest BCUT2D eigenvalue weighted by atomic mass is 9.88. The molecule has 0 unspecified atom stereocenters. The van der Waals surface area contributed by atoms with Gasteiger partial charge in [-0.2, -0.15) is 0 Å². The lowest BCUT2D eigenvalue weighted by molar-refractivity contribution is -0.150. The van der Waals surface area contributed by atoms with E-state index >= 15 is 0 Å². The maximum absolute atomic E-state index is 12.8. The van der Waals surface area contributed by atoms with Gasteiger partial charge in [0.05, 0.1) is 13.2 Å². The minimum Gasteiger partial charge on any atom is -0.403 e. The third kappa shape index (κ3) is 4.25. The van der Waals surface area contributed by atoms with E-state index in [-0.39, 0.29) is 23.4 Å². The van der Waals surface area contributed by atoms with Crippen molar-refractivity contribution in [3.05, 3.63) is 72.3 Å². The van der Waals surface area contributed by atoms with Crippen LogP contribution in [0.3, 0.4) is 0 Å². The Hall–Kier alpha value is -2.70. The summed E-state index contributed by atoms with van der Waals surface area (Å²) in [6.45, 7) is 10.1. The van der Waals surface area contributed by atoms with E-state index in [0.29, 0.717) is 26.0 Å². The van der Waals surface area contributed by atoms with Crippen LogP contribution in [0, 0.1) is 0 Å². The van der Waals surface area contributed by atoms with E-state index in [4.69, 9.17) is 4.43 Å². The van der Waals surface area contributed by atoms with Gasteiger partial charge in [0.25, 0.3) is 8.32 Å². The highest BCUT2D eigenvalue weighted by Crippen LogP contribution is 2.38. The van der Waals surface area contributed by atoms with Crippen LogP contribution in [0.2, 0.25) is 5.04 Å². The van der Waals surface area contributed by atoms with Crippen LogP contribution in [0.4, 0.5) is 0 Å². The van der Waals surface area contributed by atoms with Gasteiger partial charge in [-0.1, -0.05) is 93.1 Å². The molecular weight excluding hydrogens is 440 g/mol. The smallest absolute Gasteiger partial charge is 0.261 e. The number of fused-ring (bicyclic) bond motifs is 1. The van der Waals surface area contributed by atoms with Crippen molar-refractivity contribution in [3.63, 3.8) is 0 Å². The largest absolute Gasteiger partial charge is 0.403 e. The third-order valence-corrected chi connectivity index (χ3v) is 12.3. The van der Waals surface area contributed by atoms with E-state index in [1.807, 2.05) is 12.1 Å². The van der Waals surface area contributed by atoms with Crippen molar-refractivity contribution in [1.29, 1.82) is 0 Å². The summed E-state index contributed by atoms with van der Waals surface area (Å²) in [5.74, 6) is -0.00623. The molecule has 2 amide bonds. The van der Waals surface area contributed by atoms with Gasteiger partial charge in [0, 0.05) is 6.54 Å². The predicted octanol–water partition coefficient (Wildman–Crippen LogP) is 3.39. The Morgan fingerprint density at radius 3 is 2.21 bits per heavy atom. The molecule has 2 aromatic rings. The van der Waals surface area contributed by atoms with Crippen LogP contribution in [0.5, 0.6) is 0 Å². The molecule has 2 fully saturated rings. The van der Waals surface area contributed by atoms with E-state index in [2.05, 4.69) is 87.6 Å². The second-order valence-electron chi connectivity index (χ2n) is 10.6. The van der Waals surface area contributed by atoms with Gasteiger partial charge in [-0.05, 0) is 41.6 Å². The van der Waals surface area contributed by atoms with Crippen molar-refractivity contribution in [3.8, 4) is 0 Å². The van der Waals surface area contributed by atoms with Crippen LogP contribution < -0.4 is 15.7 Å². The minimum absolute atomic E-state index is 0.0201. The molecule has 0 aromatic heterocycles. The number of carbonyl (C=O) groups is 2. The highest BCUT2D eigenvalue weighted by molar-refractivity contribution is 6.99. The molecule has 2 aliphatic rings. The van der Waals surface area contributed by atoms with Gasteiger partial charge >= 0.3 is 0 Å². The molecule has 180 valence electrons. The number of amides is 2. The molecule has 0 saturated carbocycles. The number of piperazine rings is 1. The Morgan fingerprint density at radius 1 is 1.06 bits per heavy atom. The van der Waals surface area contributed by atoms with E-state index in [9.17, 15) is 9.59 Å². The third-order valence-electron chi connectivity index (χ3n) is 7.33. The molecule has 0 radical (unpaired) electrons. The van der Waals surface area contributed by atoms with Gasteiger partial charge in [-0.3, -0.25) is 9.59 Å². The van der Waals surface area contributed by atoms with E-state index in [1.54, 1.807) is 4.90 Å². The van der Waals surface area contributed by atoms with Crippen molar-refractivity contribution in [1.82, 2.24) is 10.2 Å². The molecular formula is C28H36N2O3Si. The topological polar surface area (TPSA) is 58.6 Å². The van der Waals surface area contributed by atoms with Crippen molar-refractivity contribution in [2.75, 3.05) is 19.7 Å². The summed E-state index contributed by atoms with van der Waals surface area (Å²) in [6, 6.07) is 21.2. The Kier molecular flexibility index (Phi) is 6.83. The van der Waals surface area contributed by atoms with Gasteiger partial charge in [-0.25, -0.2) is 0 Å². The standard InChI is InChI=1S/C28H36N2O3Si/c1-22(16-18-28-17-11-19-30(28)25(31)20-29-26(28)32)21-33-34(27(2,3)4,23-12-7-5-8-13-23)24-14-9-6-10-15-24/h5-10,12-16H,11,17-21H2,1-4H3,(H,29,32)/b22-16+/t28-/m1/s1. The summed E-state index contributed by atoms with van der Waals surface area (Å²) < 4.78 is 7.01. The van der Waals surface area contributed by atoms with Gasteiger partial charge < -0.3 is 14.6 Å². The summed E-state index contributed by atoms with van der Waals surface area (Å²) >= 11 is 0. The summed E-state index contributed by atoms with van der Waals surface area (Å²) in [7, 11) is -2.62. The molecule has 2 aliphatic heterocycles. The summed E-state index contributed by atoms with van der Waals surface area (Å²) in [6.07, 6.45) is 4.21. The first-order valence-corrected chi connectivity index (χ1v) is 14.1. The molecule has 0 bridgehead atoms. The van der Waals surface area contributed by atoms with Crippen LogP contribution in [-0.4, -0.2) is 50.3 Å². The van der Waals surface area contributed by atoms with Gasteiger partial charge in [-0.15, -0.1) is 0 Å². The fourth-order valence-corrected chi connectivity index (χ4v) is 10.2. The monoisotopic (exact) mass is 476 g/mol. The fourth-order valence-electron chi connectivity index (χ4n) is 5.58. The summed E-state index contributed by atoms with van der Waals surface area (Å²) in [5, 5.41) is 5.21. The molecule has 6 heteroatoms. The zero-order chi connectivity index (χ0) is 24.4. The number of hydrogen-bond acceptors (Lipinski definition) is 3. The summed E-state index contributed by atoms with van der Waals surface area (Å²) in [5.41, 5.74) is 0.341. The highest BCUT2D eigenvalue weighted by atomic mass is 28.4. The number of carbonyl (C=O) groups excluding carboxylic acids is 2. The lowest BCUT2D eigenvalue weighted by Gasteiger charge is -2.43. The SMILES string of the molecule is C/C(=C\C[C@@]12CCCN1C(=O)CNC2=O)CO[Si](c1ccccc1)(c1ccccc1)C(C)(C)C. The first-order chi connectivity index (χ1) is 16.2. The normalized spacial score (nSPS) is 21.4. The second kappa shape index (κ2) is 9.51. The van der Waals surface area contributed by atoms with Crippen molar-refractivity contribution in [2.24, 2.45) is 0 Å². The zero-order valence-electron chi connectivity index (χ0n) is 20.8. The molecule has 5 nitrogen and oxygen atoms in total. The van der Waals surface area contributed by atoms with Gasteiger partial charge in [0.15, 0.2) is 0 Å². The van der Waals surface area contributed by atoms with E-state index in [0.717, 1.165) is 12.0 Å². The fraction of sp³-hybridized carbons (Fsp3) is 0.429. The molecule has 2 saturated heterocycles. The average Bonchev–Trinajstić information content (AvgIpc) is 3.28. The molecule has 1 atom stereocenters. The van der Waals surface area contributed by atoms with Gasteiger partial charge in [0.2, 0.25) is 11.8 Å². The van der Waals surface area contributed by atoms with Gasteiger partial charge in [0.1, 0.15) is 5.54 Å². The van der Waals surface area contributed by atoms with E-state index in [1.165, 1.54) is 10.4 Å². The van der Waals surface area contributed by atoms with Crippen LogP contribution in [0.15, 0.2) is 72.3 Å². The average molecular weight is 477 g/mol. The van der Waals surface area contributed by atoms with Crippen molar-refractivity contribution in [2.45, 2.75) is 57.5 Å². The van der Waals surface area contributed by atoms with Crippen LogP contribution in [0.1, 0.15) is 47.0 Å². The molecule has 2 heterocycles.